The molecule has 0 bridgehead atoms. The molecule has 7 heteroatoms. The van der Waals surface area contributed by atoms with E-state index in [9.17, 15) is 9.59 Å². The Morgan fingerprint density at radius 3 is 2.31 bits per heavy atom. The largest absolute Gasteiger partial charge is 0.497 e. The van der Waals surface area contributed by atoms with E-state index in [0.717, 1.165) is 0 Å². The molecule has 1 aromatic carbocycles. The van der Waals surface area contributed by atoms with Crippen molar-refractivity contribution >= 4 is 17.4 Å². The molecule has 0 N–H and O–H groups in total. The summed E-state index contributed by atoms with van der Waals surface area (Å²) in [5, 5.41) is 0. The van der Waals surface area contributed by atoms with Gasteiger partial charge in [0, 0.05) is 13.1 Å². The molecule has 1 fully saturated rings. The molecule has 0 saturated carbocycles. The van der Waals surface area contributed by atoms with Crippen molar-refractivity contribution in [2.75, 3.05) is 20.2 Å². The van der Waals surface area contributed by atoms with Crippen LogP contribution in [-0.2, 0) is 20.9 Å². The van der Waals surface area contributed by atoms with Gasteiger partial charge in [-0.25, -0.2) is 0 Å². The van der Waals surface area contributed by atoms with E-state index in [-0.39, 0.29) is 30.6 Å². The predicted molar refractivity (Wildman–Crippen MR) is 106 cm³/mol. The third kappa shape index (κ3) is 3.65. The summed E-state index contributed by atoms with van der Waals surface area (Å²) in [5.74, 6) is 0.622. The summed E-state index contributed by atoms with van der Waals surface area (Å²) in [4.78, 5) is 29.9. The zero-order chi connectivity index (χ0) is 20.5. The number of imide groups is 1. The lowest BCUT2D eigenvalue weighted by atomic mass is 10.0. The molecule has 2 amide bonds. The summed E-state index contributed by atoms with van der Waals surface area (Å²) < 4.78 is 16.4. The number of benzene rings is 1. The number of carbonyl (C=O) groups is 2. The number of hydrogen-bond donors (Lipinski definition) is 0. The summed E-state index contributed by atoms with van der Waals surface area (Å²) in [6.45, 7) is 5.14. The van der Waals surface area contributed by atoms with Crippen LogP contribution in [0, 0.1) is 0 Å². The summed E-state index contributed by atoms with van der Waals surface area (Å²) in [6.07, 6.45) is 1.46. The summed E-state index contributed by atoms with van der Waals surface area (Å²) in [5.41, 5.74) is 1.52. The van der Waals surface area contributed by atoms with Crippen molar-refractivity contribution < 1.29 is 23.5 Å². The lowest BCUT2D eigenvalue weighted by Gasteiger charge is -2.37. The molecule has 0 spiro atoms. The fourth-order valence-electron chi connectivity index (χ4n) is 3.94. The van der Waals surface area contributed by atoms with Gasteiger partial charge >= 0.3 is 0 Å². The van der Waals surface area contributed by atoms with Crippen molar-refractivity contribution in [2.45, 2.75) is 32.6 Å². The number of ether oxygens (including phenoxy) is 2. The second-order valence-corrected chi connectivity index (χ2v) is 7.39. The zero-order valence-electron chi connectivity index (χ0n) is 16.8. The maximum Gasteiger partial charge on any atom is 0.278 e. The van der Waals surface area contributed by atoms with Gasteiger partial charge < -0.3 is 18.8 Å². The second kappa shape index (κ2) is 7.75. The Hall–Kier alpha value is -3.06. The number of furan rings is 1. The van der Waals surface area contributed by atoms with Crippen LogP contribution in [0.3, 0.4) is 0 Å². The van der Waals surface area contributed by atoms with Gasteiger partial charge in [0.1, 0.15) is 17.2 Å². The van der Waals surface area contributed by atoms with Crippen LogP contribution < -0.4 is 4.74 Å². The molecule has 29 heavy (non-hydrogen) atoms. The normalized spacial score (nSPS) is 22.6. The van der Waals surface area contributed by atoms with Crippen LogP contribution in [0.4, 0.5) is 0 Å². The fraction of sp³-hybridized carbons (Fsp3) is 0.364. The van der Waals surface area contributed by atoms with Crippen molar-refractivity contribution in [1.82, 2.24) is 9.80 Å². The minimum Gasteiger partial charge on any atom is -0.497 e. The molecular formula is C22H24N2O5. The summed E-state index contributed by atoms with van der Waals surface area (Å²) in [6, 6.07) is 10.7. The lowest BCUT2D eigenvalue weighted by Crippen LogP contribution is -2.46. The fourth-order valence-corrected chi connectivity index (χ4v) is 3.94. The van der Waals surface area contributed by atoms with Crippen molar-refractivity contribution in [3.8, 4) is 5.75 Å². The number of methoxy groups -OCH3 is 1. The third-order valence-electron chi connectivity index (χ3n) is 5.15. The first-order valence-corrected chi connectivity index (χ1v) is 9.65. The molecule has 0 radical (unpaired) electrons. The molecule has 4 rings (SSSR count). The van der Waals surface area contributed by atoms with E-state index in [1.165, 1.54) is 11.2 Å². The molecule has 1 saturated heterocycles. The van der Waals surface area contributed by atoms with Crippen LogP contribution in [0.5, 0.6) is 5.75 Å². The molecule has 1 aromatic heterocycles. The average molecular weight is 396 g/mol. The maximum atomic E-state index is 13.4. The highest BCUT2D eigenvalue weighted by Crippen LogP contribution is 2.34. The number of morpholine rings is 1. The van der Waals surface area contributed by atoms with Crippen LogP contribution in [0.15, 0.2) is 52.8 Å². The van der Waals surface area contributed by atoms with E-state index in [0.29, 0.717) is 41.4 Å². The number of nitrogens with zero attached hydrogens (tertiary/aromatic N) is 2. The lowest BCUT2D eigenvalue weighted by molar-refractivity contribution is -0.139. The SMILES string of the molecule is COc1ccc(C2=C(N3CC(C)OC(C)C3)C(=O)N(Cc3ccco3)C2=O)cc1. The number of rotatable bonds is 5. The highest BCUT2D eigenvalue weighted by molar-refractivity contribution is 6.35. The van der Waals surface area contributed by atoms with Gasteiger partial charge in [-0.15, -0.1) is 0 Å². The average Bonchev–Trinajstić information content (AvgIpc) is 3.29. The molecule has 2 unspecified atom stereocenters. The Balaban J connectivity index is 1.75. The van der Waals surface area contributed by atoms with Gasteiger partial charge in [-0.05, 0) is 43.7 Å². The van der Waals surface area contributed by atoms with Gasteiger partial charge in [0.2, 0.25) is 0 Å². The van der Waals surface area contributed by atoms with Crippen molar-refractivity contribution in [3.63, 3.8) is 0 Å². The van der Waals surface area contributed by atoms with Crippen molar-refractivity contribution in [3.05, 3.63) is 59.7 Å². The van der Waals surface area contributed by atoms with Crippen molar-refractivity contribution in [1.29, 1.82) is 0 Å². The maximum absolute atomic E-state index is 13.4. The van der Waals surface area contributed by atoms with Crippen LogP contribution in [0.25, 0.3) is 5.57 Å². The highest BCUT2D eigenvalue weighted by Gasteiger charge is 2.43. The molecule has 2 atom stereocenters. The molecular weight excluding hydrogens is 372 g/mol. The van der Waals surface area contributed by atoms with Gasteiger partial charge in [-0.3, -0.25) is 14.5 Å². The first kappa shape index (κ1) is 19.3. The van der Waals surface area contributed by atoms with Gasteiger partial charge in [0.15, 0.2) is 0 Å². The second-order valence-electron chi connectivity index (χ2n) is 7.39. The molecule has 3 heterocycles. The van der Waals surface area contributed by atoms with E-state index in [4.69, 9.17) is 13.9 Å². The Labute approximate surface area is 169 Å². The predicted octanol–water partition coefficient (Wildman–Crippen LogP) is 2.68. The molecule has 152 valence electrons. The first-order chi connectivity index (χ1) is 14.0. The number of amides is 2. The van der Waals surface area contributed by atoms with Crippen LogP contribution in [0.2, 0.25) is 0 Å². The highest BCUT2D eigenvalue weighted by atomic mass is 16.5. The van der Waals surface area contributed by atoms with Crippen LogP contribution in [-0.4, -0.2) is 54.0 Å². The minimum absolute atomic E-state index is 0.0367. The Bertz CT molecular complexity index is 923. The van der Waals surface area contributed by atoms with E-state index in [1.54, 1.807) is 31.4 Å². The van der Waals surface area contributed by atoms with Crippen LogP contribution in [0.1, 0.15) is 25.2 Å². The molecule has 7 nitrogen and oxygen atoms in total. The van der Waals surface area contributed by atoms with Crippen molar-refractivity contribution in [2.24, 2.45) is 0 Å². The Morgan fingerprint density at radius 2 is 1.72 bits per heavy atom. The van der Waals surface area contributed by atoms with E-state index >= 15 is 0 Å². The molecule has 0 aliphatic carbocycles. The Morgan fingerprint density at radius 1 is 1.03 bits per heavy atom. The molecule has 2 aliphatic heterocycles. The zero-order valence-corrected chi connectivity index (χ0v) is 16.8. The number of carbonyl (C=O) groups excluding carboxylic acids is 2. The third-order valence-corrected chi connectivity index (χ3v) is 5.15. The summed E-state index contributed by atoms with van der Waals surface area (Å²) in [7, 11) is 1.59. The van der Waals surface area contributed by atoms with Gasteiger partial charge in [-0.1, -0.05) is 12.1 Å². The van der Waals surface area contributed by atoms with Gasteiger partial charge in [0.05, 0.1) is 37.7 Å². The monoisotopic (exact) mass is 396 g/mol. The number of hydrogen-bond acceptors (Lipinski definition) is 6. The first-order valence-electron chi connectivity index (χ1n) is 9.65. The molecule has 2 aliphatic rings. The van der Waals surface area contributed by atoms with E-state index < -0.39 is 0 Å². The van der Waals surface area contributed by atoms with E-state index in [1.807, 2.05) is 30.9 Å². The van der Waals surface area contributed by atoms with Gasteiger partial charge in [-0.2, -0.15) is 0 Å². The molecule has 2 aromatic rings. The van der Waals surface area contributed by atoms with Crippen LogP contribution >= 0.6 is 0 Å². The Kier molecular flexibility index (Phi) is 5.15. The topological polar surface area (TPSA) is 72.2 Å². The minimum atomic E-state index is -0.321. The summed E-state index contributed by atoms with van der Waals surface area (Å²) >= 11 is 0. The quantitative estimate of drug-likeness (QED) is 0.724. The standard InChI is InChI=1S/C22H24N2O5/c1-14-11-23(12-15(2)29-14)20-19(16-6-8-17(27-3)9-7-16)21(25)24(22(20)26)13-18-5-4-10-28-18/h4-10,14-15H,11-13H2,1-3H3. The smallest absolute Gasteiger partial charge is 0.278 e. The van der Waals surface area contributed by atoms with E-state index in [2.05, 4.69) is 0 Å². The van der Waals surface area contributed by atoms with Gasteiger partial charge in [0.25, 0.3) is 11.8 Å².